The summed E-state index contributed by atoms with van der Waals surface area (Å²) in [7, 11) is 1.78. The van der Waals surface area contributed by atoms with Crippen molar-refractivity contribution in [2.75, 3.05) is 13.6 Å². The highest BCUT2D eigenvalue weighted by atomic mass is 19.1. The van der Waals surface area contributed by atoms with Crippen LogP contribution in [0.2, 0.25) is 0 Å². The highest BCUT2D eigenvalue weighted by Gasteiger charge is 2.25. The lowest BCUT2D eigenvalue weighted by Gasteiger charge is -2.22. The van der Waals surface area contributed by atoms with Gasteiger partial charge in [-0.25, -0.2) is 4.39 Å². The number of ether oxygens (including phenoxy) is 1. The Morgan fingerprint density at radius 1 is 1.23 bits per heavy atom. The predicted molar refractivity (Wildman–Crippen MR) is 112 cm³/mol. The fraction of sp³-hybridized carbons (Fsp3) is 0.391. The molecule has 0 radical (unpaired) electrons. The maximum Gasteiger partial charge on any atom is 0.263 e. The minimum absolute atomic E-state index is 0.0824. The molecule has 1 amide bonds. The number of carbonyl (C=O) groups excluding carboxylic acids is 1. The Labute approximate surface area is 176 Å². The maximum atomic E-state index is 13.1. The first kappa shape index (κ1) is 21.8. The second-order valence-electron chi connectivity index (χ2n) is 7.62. The third kappa shape index (κ3) is 5.78. The summed E-state index contributed by atoms with van der Waals surface area (Å²) in [5.41, 5.74) is 8.17. The SMILES string of the molecule is CC(Oc1ccc(C#N)cc1)C(=O)N(C)CCCC1CC(c2ccc(F)cc2)NN1. The van der Waals surface area contributed by atoms with Crippen molar-refractivity contribution in [1.29, 1.82) is 5.26 Å². The van der Waals surface area contributed by atoms with Crippen LogP contribution in [0, 0.1) is 17.1 Å². The summed E-state index contributed by atoms with van der Waals surface area (Å²) < 4.78 is 18.8. The van der Waals surface area contributed by atoms with Crippen LogP contribution in [-0.4, -0.2) is 36.5 Å². The van der Waals surface area contributed by atoms with E-state index in [1.807, 2.05) is 0 Å². The molecule has 0 spiro atoms. The van der Waals surface area contributed by atoms with Crippen LogP contribution >= 0.6 is 0 Å². The minimum atomic E-state index is -0.600. The first-order chi connectivity index (χ1) is 14.5. The Hall–Kier alpha value is -2.95. The van der Waals surface area contributed by atoms with Crippen molar-refractivity contribution in [2.24, 2.45) is 0 Å². The molecule has 1 aliphatic rings. The van der Waals surface area contributed by atoms with Gasteiger partial charge in [0.25, 0.3) is 5.91 Å². The molecule has 30 heavy (non-hydrogen) atoms. The standard InChI is InChI=1S/C23H27FN4O2/c1-16(30-21-11-5-17(15-25)6-12-21)23(29)28(2)13-3-4-20-14-22(27-26-20)18-7-9-19(24)10-8-18/h5-12,16,20,22,26-27H,3-4,13-14H2,1-2H3. The average molecular weight is 410 g/mol. The van der Waals surface area contributed by atoms with E-state index in [1.165, 1.54) is 12.1 Å². The molecule has 0 aliphatic carbocycles. The van der Waals surface area contributed by atoms with Crippen molar-refractivity contribution < 1.29 is 13.9 Å². The number of carbonyl (C=O) groups is 1. The van der Waals surface area contributed by atoms with E-state index in [0.29, 0.717) is 23.9 Å². The van der Waals surface area contributed by atoms with E-state index in [2.05, 4.69) is 16.9 Å². The molecule has 0 saturated carbocycles. The fourth-order valence-electron chi connectivity index (χ4n) is 3.58. The number of hydrogen-bond acceptors (Lipinski definition) is 5. The van der Waals surface area contributed by atoms with E-state index in [0.717, 1.165) is 24.8 Å². The smallest absolute Gasteiger partial charge is 0.263 e. The zero-order valence-corrected chi connectivity index (χ0v) is 17.3. The topological polar surface area (TPSA) is 77.4 Å². The van der Waals surface area contributed by atoms with E-state index >= 15 is 0 Å². The summed E-state index contributed by atoms with van der Waals surface area (Å²) in [6.07, 6.45) is 2.10. The highest BCUT2D eigenvalue weighted by Crippen LogP contribution is 2.24. The molecule has 1 aliphatic heterocycles. The second-order valence-corrected chi connectivity index (χ2v) is 7.62. The molecule has 2 aromatic rings. The molecule has 6 nitrogen and oxygen atoms in total. The molecular formula is C23H27FN4O2. The number of nitrogens with zero attached hydrogens (tertiary/aromatic N) is 2. The van der Waals surface area contributed by atoms with Crippen LogP contribution in [0.15, 0.2) is 48.5 Å². The summed E-state index contributed by atoms with van der Waals surface area (Å²) in [4.78, 5) is 14.2. The normalized spacial score (nSPS) is 19.1. The molecular weight excluding hydrogens is 383 g/mol. The molecule has 1 heterocycles. The monoisotopic (exact) mass is 410 g/mol. The van der Waals surface area contributed by atoms with Crippen molar-refractivity contribution in [1.82, 2.24) is 15.8 Å². The summed E-state index contributed by atoms with van der Waals surface area (Å²) in [5, 5.41) is 8.84. The number of amides is 1. The number of benzene rings is 2. The van der Waals surface area contributed by atoms with E-state index in [-0.39, 0.29) is 17.8 Å². The maximum absolute atomic E-state index is 13.1. The van der Waals surface area contributed by atoms with Crippen molar-refractivity contribution in [3.63, 3.8) is 0 Å². The zero-order chi connectivity index (χ0) is 21.5. The number of hydrogen-bond donors (Lipinski definition) is 2. The van der Waals surface area contributed by atoms with Gasteiger partial charge >= 0.3 is 0 Å². The van der Waals surface area contributed by atoms with Gasteiger partial charge < -0.3 is 9.64 Å². The first-order valence-electron chi connectivity index (χ1n) is 10.1. The second kappa shape index (κ2) is 10.2. The van der Waals surface area contributed by atoms with Crippen molar-refractivity contribution >= 4 is 5.91 Å². The first-order valence-corrected chi connectivity index (χ1v) is 10.1. The van der Waals surface area contributed by atoms with Gasteiger partial charge in [-0.3, -0.25) is 15.6 Å². The van der Waals surface area contributed by atoms with Crippen LogP contribution in [0.5, 0.6) is 5.75 Å². The Kier molecular flexibility index (Phi) is 7.39. The lowest BCUT2D eigenvalue weighted by atomic mass is 9.99. The molecule has 0 bridgehead atoms. The lowest BCUT2D eigenvalue weighted by Crippen LogP contribution is -2.39. The fourth-order valence-corrected chi connectivity index (χ4v) is 3.58. The van der Waals surface area contributed by atoms with Gasteiger partial charge in [-0.2, -0.15) is 5.26 Å². The number of nitriles is 1. The van der Waals surface area contributed by atoms with Gasteiger partial charge in [0.1, 0.15) is 11.6 Å². The molecule has 1 fully saturated rings. The number of hydrazine groups is 1. The average Bonchev–Trinajstić information content (AvgIpc) is 3.23. The number of rotatable bonds is 8. The molecule has 3 unspecified atom stereocenters. The van der Waals surface area contributed by atoms with E-state index in [4.69, 9.17) is 10.00 Å². The van der Waals surface area contributed by atoms with Gasteiger partial charge in [0.2, 0.25) is 0 Å². The molecule has 158 valence electrons. The zero-order valence-electron chi connectivity index (χ0n) is 17.3. The van der Waals surface area contributed by atoms with Crippen LogP contribution in [0.25, 0.3) is 0 Å². The van der Waals surface area contributed by atoms with Gasteiger partial charge in [-0.1, -0.05) is 12.1 Å². The predicted octanol–water partition coefficient (Wildman–Crippen LogP) is 3.31. The molecule has 3 rings (SSSR count). The third-order valence-electron chi connectivity index (χ3n) is 5.32. The van der Waals surface area contributed by atoms with E-state index in [9.17, 15) is 9.18 Å². The Morgan fingerprint density at radius 2 is 1.93 bits per heavy atom. The molecule has 1 saturated heterocycles. The summed E-state index contributed by atoms with van der Waals surface area (Å²) in [6.45, 7) is 2.37. The van der Waals surface area contributed by atoms with Crippen LogP contribution in [0.1, 0.15) is 43.4 Å². The number of halogens is 1. The van der Waals surface area contributed by atoms with Gasteiger partial charge in [-0.15, -0.1) is 0 Å². The Balaban J connectivity index is 1.39. The number of nitrogens with one attached hydrogen (secondary N) is 2. The van der Waals surface area contributed by atoms with Gasteiger partial charge in [0.15, 0.2) is 6.10 Å². The van der Waals surface area contributed by atoms with Crippen LogP contribution in [0.4, 0.5) is 4.39 Å². The summed E-state index contributed by atoms with van der Waals surface area (Å²) in [5.74, 6) is 0.253. The van der Waals surface area contributed by atoms with Gasteiger partial charge in [-0.05, 0) is 68.1 Å². The van der Waals surface area contributed by atoms with Crippen LogP contribution in [-0.2, 0) is 4.79 Å². The summed E-state index contributed by atoms with van der Waals surface area (Å²) >= 11 is 0. The molecule has 3 atom stereocenters. The van der Waals surface area contributed by atoms with Crippen molar-refractivity contribution in [2.45, 2.75) is 44.4 Å². The quantitative estimate of drug-likeness (QED) is 0.698. The highest BCUT2D eigenvalue weighted by molar-refractivity contribution is 5.80. The van der Waals surface area contributed by atoms with E-state index < -0.39 is 6.10 Å². The van der Waals surface area contributed by atoms with E-state index in [1.54, 1.807) is 55.3 Å². The minimum Gasteiger partial charge on any atom is -0.481 e. The lowest BCUT2D eigenvalue weighted by molar-refractivity contribution is -0.136. The third-order valence-corrected chi connectivity index (χ3v) is 5.32. The molecule has 0 aromatic heterocycles. The number of likely N-dealkylation sites (N-methyl/N-ethyl adjacent to an activating group) is 1. The van der Waals surface area contributed by atoms with Crippen LogP contribution in [0.3, 0.4) is 0 Å². The Bertz CT molecular complexity index is 880. The molecule has 2 N–H and O–H groups in total. The molecule has 7 heteroatoms. The van der Waals surface area contributed by atoms with Crippen LogP contribution < -0.4 is 15.6 Å². The summed E-state index contributed by atoms with van der Waals surface area (Å²) in [6, 6.07) is 15.8. The van der Waals surface area contributed by atoms with Gasteiger partial charge in [0, 0.05) is 25.7 Å². The van der Waals surface area contributed by atoms with Gasteiger partial charge in [0.05, 0.1) is 11.6 Å². The van der Waals surface area contributed by atoms with Crippen molar-refractivity contribution in [3.8, 4) is 11.8 Å². The molecule has 2 aromatic carbocycles. The Morgan fingerprint density at radius 3 is 2.60 bits per heavy atom. The largest absolute Gasteiger partial charge is 0.481 e. The van der Waals surface area contributed by atoms with Crippen molar-refractivity contribution in [3.05, 3.63) is 65.5 Å².